The molecule has 6 heterocycles. The van der Waals surface area contributed by atoms with Crippen LogP contribution in [-0.2, 0) is 14.8 Å². The number of aromatic amines is 1. The molecule has 3 aromatic carbocycles. The van der Waals surface area contributed by atoms with Crippen LogP contribution in [0.2, 0.25) is 5.02 Å². The molecule has 10 rings (SSSR count). The van der Waals surface area contributed by atoms with E-state index in [4.69, 9.17) is 16.3 Å². The highest BCUT2D eigenvalue weighted by molar-refractivity contribution is 7.90. The van der Waals surface area contributed by atoms with Crippen LogP contribution in [0.5, 0.6) is 0 Å². The van der Waals surface area contributed by atoms with Gasteiger partial charge in [0.15, 0.2) is 5.65 Å². The summed E-state index contributed by atoms with van der Waals surface area (Å²) in [5.74, 6) is -0.942. The van der Waals surface area contributed by atoms with E-state index in [-0.39, 0.29) is 36.1 Å². The molecule has 0 radical (unpaired) electrons. The SMILES string of the molecule is CC1(C)CCC(CN2CCN(c3ccc(C(=O)NS(=O)(=O)c4ccc(NCC5(F)CCN(C6CCOCC6)CC5)c([N+](=O)[O-])c4)c(-n4[nH]cc5nc6nccc6cc54)c3)CC2)=C(c2ccc(Cl)cc2)C1. The lowest BCUT2D eigenvalue weighted by Crippen LogP contribution is -2.50. The number of alkyl halides is 1. The molecule has 3 N–H and O–H groups in total. The maximum atomic E-state index is 16.0. The van der Waals surface area contributed by atoms with E-state index in [1.165, 1.54) is 28.8 Å². The number of allylic oxidation sites excluding steroid dienone is 1. The molecule has 0 saturated carbocycles. The highest BCUT2D eigenvalue weighted by Crippen LogP contribution is 2.44. The summed E-state index contributed by atoms with van der Waals surface area (Å²) in [5.41, 5.74) is 5.15. The maximum absolute atomic E-state index is 16.0. The predicted molar refractivity (Wildman–Crippen MR) is 270 cm³/mol. The fourth-order valence-electron chi connectivity index (χ4n) is 10.6. The van der Waals surface area contributed by atoms with Crippen molar-refractivity contribution < 1.29 is 27.3 Å². The van der Waals surface area contributed by atoms with Gasteiger partial charge in [-0.1, -0.05) is 43.2 Å². The first-order valence-electron chi connectivity index (χ1n) is 24.1. The van der Waals surface area contributed by atoms with Gasteiger partial charge in [-0.2, -0.15) is 0 Å². The molecule has 4 aliphatic rings. The minimum absolute atomic E-state index is 0.0200. The van der Waals surface area contributed by atoms with Crippen LogP contribution in [0, 0.1) is 15.5 Å². The molecule has 0 unspecified atom stereocenters. The van der Waals surface area contributed by atoms with Crippen LogP contribution < -0.4 is 14.9 Å². The van der Waals surface area contributed by atoms with E-state index in [0.29, 0.717) is 54.7 Å². The van der Waals surface area contributed by atoms with Gasteiger partial charge in [0.05, 0.1) is 26.6 Å². The molecule has 16 nitrogen and oxygen atoms in total. The number of hydrogen-bond donors (Lipinski definition) is 3. The molecule has 368 valence electrons. The van der Waals surface area contributed by atoms with E-state index < -0.39 is 37.1 Å². The number of rotatable bonds is 13. The Hall–Kier alpha value is -5.92. The smallest absolute Gasteiger partial charge is 0.293 e. The third-order valence-corrected chi connectivity index (χ3v) is 16.3. The zero-order valence-corrected chi connectivity index (χ0v) is 41.0. The molecule has 3 aromatic heterocycles. The molecular weight excluding hydrogens is 935 g/mol. The van der Waals surface area contributed by atoms with Gasteiger partial charge >= 0.3 is 0 Å². The minimum atomic E-state index is -4.66. The zero-order valence-electron chi connectivity index (χ0n) is 39.4. The third-order valence-electron chi connectivity index (χ3n) is 14.8. The van der Waals surface area contributed by atoms with Crippen molar-refractivity contribution in [3.05, 3.63) is 117 Å². The number of sulfonamides is 1. The number of likely N-dealkylation sites (tertiary alicyclic amines) is 1. The number of ether oxygens (including phenoxy) is 1. The van der Waals surface area contributed by atoms with E-state index >= 15 is 4.39 Å². The number of nitro groups is 1. The summed E-state index contributed by atoms with van der Waals surface area (Å²) in [6, 6.07) is 20.9. The normalized spacial score (nSPS) is 19.5. The molecule has 3 aliphatic heterocycles. The van der Waals surface area contributed by atoms with E-state index in [1.54, 1.807) is 23.1 Å². The van der Waals surface area contributed by atoms with Crippen molar-refractivity contribution in [1.29, 1.82) is 0 Å². The Morgan fingerprint density at radius 2 is 1.73 bits per heavy atom. The fraction of sp³-hybridized carbons (Fsp3) is 0.431. The highest BCUT2D eigenvalue weighted by Gasteiger charge is 2.38. The van der Waals surface area contributed by atoms with Crippen molar-refractivity contribution in [2.24, 2.45) is 5.41 Å². The Labute approximate surface area is 411 Å². The van der Waals surface area contributed by atoms with Gasteiger partial charge in [0.25, 0.3) is 21.6 Å². The van der Waals surface area contributed by atoms with Crippen molar-refractivity contribution in [3.8, 4) is 5.69 Å². The number of nitrogens with zero attached hydrogens (tertiary/aromatic N) is 7. The van der Waals surface area contributed by atoms with Gasteiger partial charge in [-0.15, -0.1) is 0 Å². The molecule has 6 aromatic rings. The van der Waals surface area contributed by atoms with Crippen LogP contribution in [-0.4, -0.2) is 126 Å². The number of nitrogens with one attached hydrogen (secondary N) is 3. The molecule has 0 atom stereocenters. The molecule has 3 saturated heterocycles. The summed E-state index contributed by atoms with van der Waals surface area (Å²) in [6.07, 6.45) is 8.87. The topological polar surface area (TPSA) is 184 Å². The van der Waals surface area contributed by atoms with Gasteiger partial charge < -0.3 is 15.0 Å². The first kappa shape index (κ1) is 47.7. The minimum Gasteiger partial charge on any atom is -0.381 e. The van der Waals surface area contributed by atoms with Gasteiger partial charge in [0.2, 0.25) is 0 Å². The molecule has 70 heavy (non-hydrogen) atoms. The quantitative estimate of drug-likeness (QED) is 0.0740. The molecule has 1 aliphatic carbocycles. The van der Waals surface area contributed by atoms with Crippen LogP contribution >= 0.6 is 11.6 Å². The summed E-state index contributed by atoms with van der Waals surface area (Å²) in [7, 11) is -4.66. The fourth-order valence-corrected chi connectivity index (χ4v) is 11.7. The van der Waals surface area contributed by atoms with Crippen molar-refractivity contribution in [3.63, 3.8) is 0 Å². The molecule has 1 amide bonds. The highest BCUT2D eigenvalue weighted by atomic mass is 35.5. The Balaban J connectivity index is 0.873. The lowest BCUT2D eigenvalue weighted by molar-refractivity contribution is -0.384. The van der Waals surface area contributed by atoms with Gasteiger partial charge in [0, 0.05) is 106 Å². The first-order chi connectivity index (χ1) is 33.6. The second-order valence-electron chi connectivity index (χ2n) is 20.0. The van der Waals surface area contributed by atoms with Crippen LogP contribution in [0.25, 0.3) is 33.3 Å². The number of halogens is 2. The Morgan fingerprint density at radius 3 is 2.47 bits per heavy atom. The summed E-state index contributed by atoms with van der Waals surface area (Å²) in [5, 5.41) is 20.0. The van der Waals surface area contributed by atoms with E-state index in [9.17, 15) is 23.3 Å². The zero-order chi connectivity index (χ0) is 48.8. The average molecular weight is 994 g/mol. The van der Waals surface area contributed by atoms with Crippen LogP contribution in [0.15, 0.2) is 95.7 Å². The van der Waals surface area contributed by atoms with Gasteiger partial charge in [0.1, 0.15) is 16.9 Å². The standard InChI is InChI=1S/C51H58ClFN10O6S/c1-50(2)15-11-36(42(30-50)34-3-5-37(52)6-4-34)32-59-21-23-61(24-22-59)39-7-9-41(45(28-39)62-46-27-35-12-18-54-48(35)57-44(46)31-56-62)49(64)58-70(67,68)40-8-10-43(47(29-40)63(65)66)55-33-51(53)16-19-60(20-17-51)38-13-25-69-26-14-38/h3-10,12,18,27-29,31,38,55-56H,11,13-17,19-26,30,32-33H2,1-2H3,(H,58,64). The van der Waals surface area contributed by atoms with E-state index in [2.05, 4.69) is 65.8 Å². The number of piperazine rings is 1. The number of H-pyrrole nitrogens is 1. The lowest BCUT2D eigenvalue weighted by Gasteiger charge is -2.41. The maximum Gasteiger partial charge on any atom is 0.293 e. The van der Waals surface area contributed by atoms with E-state index in [0.717, 1.165) is 87.0 Å². The van der Waals surface area contributed by atoms with Crippen LogP contribution in [0.1, 0.15) is 74.7 Å². The summed E-state index contributed by atoms with van der Waals surface area (Å²) < 4.78 is 53.4. The summed E-state index contributed by atoms with van der Waals surface area (Å²) >= 11 is 6.27. The van der Waals surface area contributed by atoms with Gasteiger partial charge in [-0.05, 0) is 116 Å². The van der Waals surface area contributed by atoms with E-state index in [1.807, 2.05) is 36.4 Å². The Bertz CT molecular complexity index is 3080. The Morgan fingerprint density at radius 1 is 0.971 bits per heavy atom. The number of nitro benzene ring substituents is 1. The largest absolute Gasteiger partial charge is 0.381 e. The van der Waals surface area contributed by atoms with Crippen LogP contribution in [0.3, 0.4) is 0 Å². The number of carbonyl (C=O) groups excluding carboxylic acids is 1. The van der Waals surface area contributed by atoms with Crippen molar-refractivity contribution in [2.75, 3.05) is 75.8 Å². The number of anilines is 2. The number of amides is 1. The summed E-state index contributed by atoms with van der Waals surface area (Å²) in [6.45, 7) is 11.0. The van der Waals surface area contributed by atoms with Crippen molar-refractivity contribution >= 4 is 72.2 Å². The van der Waals surface area contributed by atoms with Crippen molar-refractivity contribution in [2.45, 2.75) is 75.4 Å². The van der Waals surface area contributed by atoms with Crippen molar-refractivity contribution in [1.82, 2.24) is 34.3 Å². The first-order valence-corrected chi connectivity index (χ1v) is 26.0. The Kier molecular flexibility index (Phi) is 13.2. The number of piperidine rings is 1. The molecule has 0 spiro atoms. The second-order valence-corrected chi connectivity index (χ2v) is 22.1. The molecule has 0 bridgehead atoms. The average Bonchev–Trinajstić information content (AvgIpc) is 4.00. The molecule has 3 fully saturated rings. The lowest BCUT2D eigenvalue weighted by atomic mass is 9.72. The predicted octanol–water partition coefficient (Wildman–Crippen LogP) is 8.76. The molecule has 19 heteroatoms. The van der Waals surface area contributed by atoms with Gasteiger partial charge in [-0.25, -0.2) is 27.5 Å². The number of pyridine rings is 1. The summed E-state index contributed by atoms with van der Waals surface area (Å²) in [4.78, 5) is 41.5. The monoisotopic (exact) mass is 992 g/mol. The number of carbonyl (C=O) groups is 1. The molecular formula is C51H58ClFN10O6S. The van der Waals surface area contributed by atoms with Crippen LogP contribution in [0.4, 0.5) is 21.5 Å². The second kappa shape index (κ2) is 19.4. The van der Waals surface area contributed by atoms with Gasteiger partial charge in [-0.3, -0.25) is 34.5 Å². The number of aromatic nitrogens is 4. The number of hydrogen-bond acceptors (Lipinski definition) is 12. The number of benzene rings is 3. The third kappa shape index (κ3) is 10.1. The number of fused-ring (bicyclic) bond motifs is 2.